The number of rotatable bonds is 8. The maximum Gasteiger partial charge on any atom is 0.407 e. The van der Waals surface area contributed by atoms with E-state index in [1.54, 1.807) is 0 Å². The number of fused-ring (bicyclic) bond motifs is 3. The number of hydrogen-bond acceptors (Lipinski definition) is 5. The van der Waals surface area contributed by atoms with Gasteiger partial charge in [0.25, 0.3) is 6.43 Å². The fraction of sp³-hybridized carbons (Fsp3) is 0.400. The number of carboxylic acid groups (broad SMARTS) is 1. The van der Waals surface area contributed by atoms with Crippen molar-refractivity contribution in [2.75, 3.05) is 26.9 Å². The Bertz CT molecular complexity index is 1070. The van der Waals surface area contributed by atoms with Crippen LogP contribution in [0.4, 0.5) is 13.6 Å². The summed E-state index contributed by atoms with van der Waals surface area (Å²) >= 11 is 0. The molecule has 1 heterocycles. The van der Waals surface area contributed by atoms with Crippen LogP contribution < -0.4 is 5.32 Å². The number of carbonyl (C=O) groups is 3. The van der Waals surface area contributed by atoms with Gasteiger partial charge in [-0.1, -0.05) is 48.5 Å². The average Bonchev–Trinajstić information content (AvgIpc) is 3.46. The molecule has 1 aliphatic carbocycles. The molecule has 2 aromatic rings. The van der Waals surface area contributed by atoms with Crippen molar-refractivity contribution < 1.29 is 37.7 Å². The Balaban J connectivity index is 1.39. The van der Waals surface area contributed by atoms with Crippen LogP contribution in [0, 0.1) is 0 Å². The molecule has 2 aromatic carbocycles. The highest BCUT2D eigenvalue weighted by molar-refractivity contribution is 5.88. The minimum atomic E-state index is -3.06. The van der Waals surface area contributed by atoms with Gasteiger partial charge in [0.1, 0.15) is 12.6 Å². The zero-order chi connectivity index (χ0) is 25.2. The molecule has 4 rings (SSSR count). The summed E-state index contributed by atoms with van der Waals surface area (Å²) in [7, 11) is 1.24. The van der Waals surface area contributed by atoms with E-state index in [4.69, 9.17) is 9.47 Å². The van der Waals surface area contributed by atoms with Crippen molar-refractivity contribution in [1.29, 1.82) is 0 Å². The number of carboxylic acids is 1. The van der Waals surface area contributed by atoms with Crippen LogP contribution in [0.25, 0.3) is 11.1 Å². The second-order valence-corrected chi connectivity index (χ2v) is 8.71. The number of nitrogens with zero attached hydrogens (tertiary/aromatic N) is 1. The molecule has 1 fully saturated rings. The molecule has 8 nitrogen and oxygen atoms in total. The lowest BCUT2D eigenvalue weighted by molar-refractivity contribution is -0.158. The van der Waals surface area contributed by atoms with Gasteiger partial charge in [0, 0.05) is 26.0 Å². The molecule has 35 heavy (non-hydrogen) atoms. The lowest BCUT2D eigenvalue weighted by Gasteiger charge is -2.34. The fourth-order valence-corrected chi connectivity index (χ4v) is 4.69. The zero-order valence-corrected chi connectivity index (χ0v) is 19.1. The molecular weight excluding hydrogens is 462 g/mol. The summed E-state index contributed by atoms with van der Waals surface area (Å²) in [5.41, 5.74) is 2.38. The molecule has 0 saturated carbocycles. The Labute approximate surface area is 200 Å². The van der Waals surface area contributed by atoms with Gasteiger partial charge in [0.15, 0.2) is 5.54 Å². The molecule has 0 aromatic heterocycles. The predicted molar refractivity (Wildman–Crippen MR) is 121 cm³/mol. The monoisotopic (exact) mass is 488 g/mol. The smallest absolute Gasteiger partial charge is 0.407 e. The molecule has 2 aliphatic rings. The van der Waals surface area contributed by atoms with Crippen LogP contribution >= 0.6 is 0 Å². The van der Waals surface area contributed by atoms with Crippen molar-refractivity contribution in [3.8, 4) is 11.1 Å². The van der Waals surface area contributed by atoms with E-state index in [-0.39, 0.29) is 32.2 Å². The Morgan fingerprint density at radius 2 is 1.74 bits per heavy atom. The lowest BCUT2D eigenvalue weighted by atomic mass is 9.96. The SMILES string of the molecule is CN(C(=O)CC(NC(=O)OCC1c2ccccc2-c2ccccc21)C(F)F)C1(C(=O)O)CCOC1. The van der Waals surface area contributed by atoms with E-state index >= 15 is 0 Å². The highest BCUT2D eigenvalue weighted by Crippen LogP contribution is 2.44. The molecule has 2 atom stereocenters. The molecule has 0 bridgehead atoms. The van der Waals surface area contributed by atoms with Gasteiger partial charge >= 0.3 is 12.1 Å². The number of carbonyl (C=O) groups excluding carboxylic acids is 2. The number of amides is 2. The topological polar surface area (TPSA) is 105 Å². The van der Waals surface area contributed by atoms with Gasteiger partial charge in [-0.3, -0.25) is 4.79 Å². The maximum atomic E-state index is 13.7. The quantitative estimate of drug-likeness (QED) is 0.591. The molecule has 186 valence electrons. The summed E-state index contributed by atoms with van der Waals surface area (Å²) < 4.78 is 37.8. The van der Waals surface area contributed by atoms with Crippen LogP contribution in [0.5, 0.6) is 0 Å². The molecule has 2 N–H and O–H groups in total. The summed E-state index contributed by atoms with van der Waals surface area (Å²) in [6.45, 7) is -0.160. The van der Waals surface area contributed by atoms with Crippen molar-refractivity contribution in [2.45, 2.75) is 36.8 Å². The summed E-state index contributed by atoms with van der Waals surface area (Å²) in [5.74, 6) is -2.37. The van der Waals surface area contributed by atoms with Crippen molar-refractivity contribution in [3.05, 3.63) is 59.7 Å². The van der Waals surface area contributed by atoms with Gasteiger partial charge in [0.05, 0.1) is 13.0 Å². The molecule has 10 heteroatoms. The van der Waals surface area contributed by atoms with Crippen molar-refractivity contribution in [3.63, 3.8) is 0 Å². The summed E-state index contributed by atoms with van der Waals surface area (Å²) in [4.78, 5) is 37.7. The number of alkyl carbamates (subject to hydrolysis) is 1. The number of likely N-dealkylation sites (N-methyl/N-ethyl adjacent to an activating group) is 1. The first-order chi connectivity index (χ1) is 16.7. The molecular formula is C25H26F2N2O6. The Morgan fingerprint density at radius 1 is 1.14 bits per heavy atom. The normalized spacial score (nSPS) is 19.7. The molecule has 0 spiro atoms. The van der Waals surface area contributed by atoms with Crippen LogP contribution in [0.3, 0.4) is 0 Å². The largest absolute Gasteiger partial charge is 0.479 e. The summed E-state index contributed by atoms with van der Waals surface area (Å²) in [6.07, 6.45) is -4.88. The van der Waals surface area contributed by atoms with E-state index in [1.165, 1.54) is 7.05 Å². The number of alkyl halides is 2. The van der Waals surface area contributed by atoms with Gasteiger partial charge in [0.2, 0.25) is 5.91 Å². The molecule has 2 amide bonds. The Kier molecular flexibility index (Phi) is 7.02. The zero-order valence-electron chi connectivity index (χ0n) is 19.1. The van der Waals surface area contributed by atoms with E-state index in [9.17, 15) is 28.3 Å². The first kappa shape index (κ1) is 24.6. The average molecular weight is 488 g/mol. The minimum absolute atomic E-state index is 0.0454. The van der Waals surface area contributed by atoms with Crippen LogP contribution in [-0.2, 0) is 19.1 Å². The third kappa shape index (κ3) is 4.70. The van der Waals surface area contributed by atoms with Crippen molar-refractivity contribution >= 4 is 18.0 Å². The minimum Gasteiger partial charge on any atom is -0.479 e. The van der Waals surface area contributed by atoms with E-state index in [0.29, 0.717) is 0 Å². The standard InChI is InChI=1S/C25H26F2N2O6/c1-29(25(23(31)32)10-11-34-14-25)21(30)12-20(22(26)27)28-24(33)35-13-19-17-8-4-2-6-15(17)16-7-3-5-9-18(16)19/h2-9,19-20,22H,10-14H2,1H3,(H,28,33)(H,31,32). The second kappa shape index (κ2) is 9.99. The first-order valence-corrected chi connectivity index (χ1v) is 11.2. The van der Waals surface area contributed by atoms with Gasteiger partial charge in [-0.15, -0.1) is 0 Å². The van der Waals surface area contributed by atoms with Gasteiger partial charge in [-0.05, 0) is 22.3 Å². The third-order valence-electron chi connectivity index (χ3n) is 6.76. The van der Waals surface area contributed by atoms with Crippen LogP contribution in [0.1, 0.15) is 29.9 Å². The van der Waals surface area contributed by atoms with Gasteiger partial charge < -0.3 is 24.8 Å². The first-order valence-electron chi connectivity index (χ1n) is 11.2. The summed E-state index contributed by atoms with van der Waals surface area (Å²) in [6, 6.07) is 13.6. The molecule has 1 saturated heterocycles. The maximum absolute atomic E-state index is 13.7. The highest BCUT2D eigenvalue weighted by Gasteiger charge is 2.48. The van der Waals surface area contributed by atoms with Crippen molar-refractivity contribution in [2.24, 2.45) is 0 Å². The van der Waals surface area contributed by atoms with E-state index in [2.05, 4.69) is 5.32 Å². The van der Waals surface area contributed by atoms with E-state index in [0.717, 1.165) is 27.2 Å². The number of benzene rings is 2. The number of hydrogen-bond donors (Lipinski definition) is 2. The van der Waals surface area contributed by atoms with Crippen LogP contribution in [-0.4, -0.2) is 72.9 Å². The third-order valence-corrected chi connectivity index (χ3v) is 6.76. The fourth-order valence-electron chi connectivity index (χ4n) is 4.69. The van der Waals surface area contributed by atoms with E-state index < -0.39 is 42.4 Å². The van der Waals surface area contributed by atoms with Gasteiger partial charge in [-0.2, -0.15) is 0 Å². The number of ether oxygens (including phenoxy) is 2. The van der Waals surface area contributed by atoms with Crippen LogP contribution in [0.15, 0.2) is 48.5 Å². The lowest BCUT2D eigenvalue weighted by Crippen LogP contribution is -2.57. The number of halogens is 2. The highest BCUT2D eigenvalue weighted by atomic mass is 19.3. The van der Waals surface area contributed by atoms with Crippen molar-refractivity contribution in [1.82, 2.24) is 10.2 Å². The predicted octanol–water partition coefficient (Wildman–Crippen LogP) is 3.25. The Morgan fingerprint density at radius 3 is 2.26 bits per heavy atom. The molecule has 2 unspecified atom stereocenters. The Hall–Kier alpha value is -3.53. The molecule has 1 aliphatic heterocycles. The van der Waals surface area contributed by atoms with Gasteiger partial charge in [-0.25, -0.2) is 18.4 Å². The number of aliphatic carboxylic acids is 1. The van der Waals surface area contributed by atoms with E-state index in [1.807, 2.05) is 48.5 Å². The number of nitrogens with one attached hydrogen (secondary N) is 1. The summed E-state index contributed by atoms with van der Waals surface area (Å²) in [5, 5.41) is 11.6. The second-order valence-electron chi connectivity index (χ2n) is 8.71. The molecule has 0 radical (unpaired) electrons. The van der Waals surface area contributed by atoms with Crippen LogP contribution in [0.2, 0.25) is 0 Å².